The zero-order chi connectivity index (χ0) is 51.9. The van der Waals surface area contributed by atoms with Crippen LogP contribution in [0.25, 0.3) is 22.1 Å². The van der Waals surface area contributed by atoms with E-state index in [1.54, 1.807) is 60.0 Å². The quantitative estimate of drug-likeness (QED) is 0.0576. The van der Waals surface area contributed by atoms with Crippen LogP contribution in [-0.4, -0.2) is 95.2 Å². The van der Waals surface area contributed by atoms with Gasteiger partial charge < -0.3 is 35.0 Å². The van der Waals surface area contributed by atoms with Gasteiger partial charge in [-0.15, -0.1) is 0 Å². The van der Waals surface area contributed by atoms with Crippen LogP contribution in [0.15, 0.2) is 60.9 Å². The van der Waals surface area contributed by atoms with Crippen molar-refractivity contribution in [1.82, 2.24) is 19.9 Å². The van der Waals surface area contributed by atoms with E-state index in [0.29, 0.717) is 98.4 Å². The van der Waals surface area contributed by atoms with E-state index in [4.69, 9.17) is 17.1 Å². The Labute approximate surface area is 408 Å². The first-order chi connectivity index (χ1) is 33.5. The number of nitrogens with one attached hydrogen (secondary N) is 2. The third-order valence-corrected chi connectivity index (χ3v) is 11.0. The zero-order valence-corrected chi connectivity index (χ0v) is 40.3. The Balaban J connectivity index is 0.000000220. The van der Waals surface area contributed by atoms with E-state index < -0.39 is 107 Å². The number of anilines is 4. The van der Waals surface area contributed by atoms with Crippen LogP contribution in [0.1, 0.15) is 74.7 Å². The van der Waals surface area contributed by atoms with Crippen molar-refractivity contribution in [1.29, 1.82) is 0 Å². The average molecular weight is 1030 g/mol. The number of ketones is 1. The number of aliphatic hydroxyl groups is 1. The zero-order valence-electron chi connectivity index (χ0n) is 39.1. The Morgan fingerprint density at radius 3 is 1.54 bits per heavy atom. The van der Waals surface area contributed by atoms with Crippen LogP contribution in [-0.2, 0) is 41.6 Å². The summed E-state index contributed by atoms with van der Waals surface area (Å²) in [6.07, 6.45) is 1.38. The molecular weight excluding hydrogens is 986 g/mol. The number of nitrogens with zero attached hydrogens (tertiary/aromatic N) is 6. The molecule has 71 heavy (non-hydrogen) atoms. The molecule has 2 saturated heterocycles. The molecule has 0 spiro atoms. The summed E-state index contributed by atoms with van der Waals surface area (Å²) in [7, 11) is 0. The molecule has 3 N–H and O–H groups in total. The van der Waals surface area contributed by atoms with Crippen LogP contribution in [0.2, 0.25) is 0 Å². The van der Waals surface area contributed by atoms with Crippen molar-refractivity contribution in [3.8, 4) is 0 Å². The van der Waals surface area contributed by atoms with Crippen molar-refractivity contribution in [2.75, 3.05) is 73.0 Å². The Hall–Kier alpha value is -6.65. The molecule has 2 aliphatic heterocycles. The summed E-state index contributed by atoms with van der Waals surface area (Å²) in [6, 6.07) is 9.71. The van der Waals surface area contributed by atoms with Crippen LogP contribution >= 0.6 is 0 Å². The summed E-state index contributed by atoms with van der Waals surface area (Å²) in [6.45, 7) is 14.3. The van der Waals surface area contributed by atoms with E-state index >= 15 is 8.78 Å². The van der Waals surface area contributed by atoms with Crippen LogP contribution in [0.3, 0.4) is 0 Å². The van der Waals surface area contributed by atoms with E-state index in [2.05, 4.69) is 30.6 Å². The van der Waals surface area contributed by atoms with E-state index in [1.165, 1.54) is 30.3 Å². The normalized spacial score (nSPS) is 14.4. The number of carbonyl (C=O) groups is 3. The fourth-order valence-electron chi connectivity index (χ4n) is 7.00. The summed E-state index contributed by atoms with van der Waals surface area (Å²) in [5.41, 5.74) is -3.25. The molecule has 1 unspecified atom stereocenters. The van der Waals surface area contributed by atoms with Gasteiger partial charge in [-0.2, -0.15) is 0 Å². The molecule has 4 aromatic carbocycles. The van der Waals surface area contributed by atoms with Gasteiger partial charge in [0.25, 0.3) is 0 Å². The minimum absolute atomic E-state index is 0.0948. The first-order valence-corrected chi connectivity index (χ1v) is 22.8. The second-order valence-corrected chi connectivity index (χ2v) is 18.4. The van der Waals surface area contributed by atoms with Crippen molar-refractivity contribution in [2.45, 2.75) is 47.6 Å². The standard InChI is InChI=1S/C24H25F3N4O3.C24H23F3N4O3.Mn.2O/c2*1-24(2,3)23(33)30-17-11-14(25)20(26)19(21(17)27)22(32)13-4-5-15-16(10-13)29-18(12-28-15)31-6-8-34-9-7-31;;;/h4-5,10-12,22,32H,6-9H2,1-3H3,(H,30,33);4-5,10-12H,6-9H2,1-3H3,(H,30,33);;;. The van der Waals surface area contributed by atoms with Crippen molar-refractivity contribution in [3.05, 3.63) is 118 Å². The molecule has 2 aromatic heterocycles. The van der Waals surface area contributed by atoms with E-state index in [9.17, 15) is 37.1 Å². The van der Waals surface area contributed by atoms with Crippen LogP contribution in [0.4, 0.5) is 49.4 Å². The molecule has 1 atom stereocenters. The van der Waals surface area contributed by atoms with Gasteiger partial charge in [0.2, 0.25) is 11.8 Å². The van der Waals surface area contributed by atoms with Crippen LogP contribution in [0, 0.1) is 45.7 Å². The molecule has 2 amide bonds. The molecule has 0 bridgehead atoms. The first kappa shape index (κ1) is 53.7. The van der Waals surface area contributed by atoms with E-state index in [0.717, 1.165) is 0 Å². The molecule has 2 fully saturated rings. The molecule has 16 nitrogen and oxygen atoms in total. The number of fused-ring (bicyclic) bond motifs is 2. The van der Waals surface area contributed by atoms with E-state index in [-0.39, 0.29) is 11.1 Å². The monoisotopic (exact) mass is 1030 g/mol. The van der Waals surface area contributed by atoms with Gasteiger partial charge in [-0.1, -0.05) is 47.6 Å². The summed E-state index contributed by atoms with van der Waals surface area (Å²) in [5.74, 6) is -9.72. The number of hydrogen-bond acceptors (Lipinski definition) is 14. The summed E-state index contributed by atoms with van der Waals surface area (Å²) < 4.78 is 116. The van der Waals surface area contributed by atoms with E-state index in [1.807, 2.05) is 9.80 Å². The number of rotatable bonds is 8. The second-order valence-electron chi connectivity index (χ2n) is 18.2. The van der Waals surface area contributed by atoms with Crippen molar-refractivity contribution in [2.24, 2.45) is 10.8 Å². The molecular formula is C48H48F6MnN8O8. The second kappa shape index (κ2) is 22.6. The fraction of sp³-hybridized carbons (Fsp3) is 0.354. The number of aliphatic hydroxyl groups excluding tert-OH is 1. The van der Waals surface area contributed by atoms with Crippen molar-refractivity contribution >= 4 is 62.7 Å². The molecule has 0 saturated carbocycles. The van der Waals surface area contributed by atoms with Gasteiger partial charge in [0.1, 0.15) is 17.7 Å². The molecule has 2 aliphatic rings. The van der Waals surface area contributed by atoms with Crippen molar-refractivity contribution in [3.63, 3.8) is 0 Å². The summed E-state index contributed by atoms with van der Waals surface area (Å²) in [5, 5.41) is 15.3. The number of aromatic nitrogens is 4. The molecule has 377 valence electrons. The maximum atomic E-state index is 15.2. The number of halogens is 6. The summed E-state index contributed by atoms with van der Waals surface area (Å²) in [4.78, 5) is 59.3. The minimum atomic E-state index is -1.85. The van der Waals surface area contributed by atoms with Crippen LogP contribution < -0.4 is 20.4 Å². The number of carbonyl (C=O) groups excluding carboxylic acids is 3. The number of hydrogen-bond donors (Lipinski definition) is 3. The Kier molecular flexibility index (Phi) is 17.1. The SMILES string of the molecule is CC(C)(C)C(=O)Nc1cc(F)c(F)c(C(=O)c2ccc3ncc(N4CCOCC4)nc3c2)c1F.CC(C)(C)C(=O)Nc1cc(F)c(F)c(C(O)c2ccc3ncc(N4CCOCC4)nc3c2)c1F.[O]=[Mn]=[O]. The van der Waals surface area contributed by atoms with Crippen LogP contribution in [0.5, 0.6) is 0 Å². The van der Waals surface area contributed by atoms with Gasteiger partial charge in [-0.25, -0.2) is 36.3 Å². The molecule has 8 rings (SSSR count). The first-order valence-electron chi connectivity index (χ1n) is 21.8. The number of ether oxygens (including phenoxy) is 2. The Bertz CT molecular complexity index is 3030. The van der Waals surface area contributed by atoms with Crippen molar-refractivity contribution < 1.29 is 77.8 Å². The van der Waals surface area contributed by atoms with Gasteiger partial charge in [0.05, 0.1) is 83.4 Å². The van der Waals surface area contributed by atoms with Gasteiger partial charge in [0, 0.05) is 54.7 Å². The fourth-order valence-corrected chi connectivity index (χ4v) is 7.00. The topological polar surface area (TPSA) is 206 Å². The van der Waals surface area contributed by atoms with Gasteiger partial charge in [-0.05, 0) is 35.9 Å². The number of amides is 2. The number of benzene rings is 4. The molecule has 6 aromatic rings. The average Bonchev–Trinajstić information content (AvgIpc) is 3.34. The van der Waals surface area contributed by atoms with Gasteiger partial charge >= 0.3 is 22.5 Å². The predicted molar refractivity (Wildman–Crippen MR) is 243 cm³/mol. The van der Waals surface area contributed by atoms with Gasteiger partial charge in [-0.3, -0.25) is 24.4 Å². The predicted octanol–water partition coefficient (Wildman–Crippen LogP) is 7.81. The van der Waals surface area contributed by atoms with Gasteiger partial charge in [0.15, 0.2) is 40.7 Å². The molecule has 23 heteroatoms. The Morgan fingerprint density at radius 2 is 1.06 bits per heavy atom. The Morgan fingerprint density at radius 1 is 0.620 bits per heavy atom. The maximum absolute atomic E-state index is 15.2. The summed E-state index contributed by atoms with van der Waals surface area (Å²) >= 11 is -1.44. The molecule has 4 heterocycles. The third-order valence-electron chi connectivity index (χ3n) is 11.0. The molecule has 0 aliphatic carbocycles. The third kappa shape index (κ3) is 12.6. The number of morpholine rings is 2. The molecule has 0 radical (unpaired) electrons.